The van der Waals surface area contributed by atoms with Crippen LogP contribution in [0.5, 0.6) is 0 Å². The molecule has 0 radical (unpaired) electrons. The number of pyridine rings is 1. The highest BCUT2D eigenvalue weighted by molar-refractivity contribution is 9.10. The van der Waals surface area contributed by atoms with E-state index in [9.17, 15) is 0 Å². The van der Waals surface area contributed by atoms with Crippen LogP contribution in [0.3, 0.4) is 0 Å². The molecule has 4 nitrogen and oxygen atoms in total. The maximum absolute atomic E-state index is 4.46. The number of rotatable bonds is 3. The lowest BCUT2D eigenvalue weighted by molar-refractivity contribution is 0.875. The predicted octanol–water partition coefficient (Wildman–Crippen LogP) is 3.96. The highest BCUT2D eigenvalue weighted by Crippen LogP contribution is 2.20. The lowest BCUT2D eigenvalue weighted by atomic mass is 10.1. The Morgan fingerprint density at radius 1 is 1.00 bits per heavy atom. The van der Waals surface area contributed by atoms with Gasteiger partial charge in [0.25, 0.3) is 0 Å². The minimum absolute atomic E-state index is 0.171. The first-order valence-electron chi connectivity index (χ1n) is 6.32. The van der Waals surface area contributed by atoms with Crippen molar-refractivity contribution in [1.29, 1.82) is 0 Å². The van der Waals surface area contributed by atoms with E-state index in [1.165, 1.54) is 5.56 Å². The Morgan fingerprint density at radius 2 is 1.75 bits per heavy atom. The molecule has 3 aromatic rings. The molecule has 5 heteroatoms. The molecule has 2 aromatic heterocycles. The third kappa shape index (κ3) is 2.77. The van der Waals surface area contributed by atoms with Crippen LogP contribution in [0.2, 0.25) is 0 Å². The van der Waals surface area contributed by atoms with Gasteiger partial charge in [-0.3, -0.25) is 4.98 Å². The SMILES string of the molecule is CC(Nc1ccc2nccnc2n1)c1ccc(Br)cc1. The highest BCUT2D eigenvalue weighted by Gasteiger charge is 2.07. The maximum Gasteiger partial charge on any atom is 0.180 e. The van der Waals surface area contributed by atoms with Gasteiger partial charge in [0.1, 0.15) is 11.3 Å². The van der Waals surface area contributed by atoms with E-state index in [-0.39, 0.29) is 6.04 Å². The van der Waals surface area contributed by atoms with Crippen LogP contribution in [0.1, 0.15) is 18.5 Å². The second-order valence-electron chi connectivity index (χ2n) is 4.51. The first-order valence-corrected chi connectivity index (χ1v) is 7.11. The molecule has 0 aliphatic heterocycles. The van der Waals surface area contributed by atoms with Crippen molar-refractivity contribution in [3.63, 3.8) is 0 Å². The highest BCUT2D eigenvalue weighted by atomic mass is 79.9. The average Bonchev–Trinajstić information content (AvgIpc) is 2.48. The summed E-state index contributed by atoms with van der Waals surface area (Å²) in [5, 5.41) is 3.38. The van der Waals surface area contributed by atoms with Crippen molar-refractivity contribution >= 4 is 32.9 Å². The van der Waals surface area contributed by atoms with Crippen molar-refractivity contribution in [1.82, 2.24) is 15.0 Å². The topological polar surface area (TPSA) is 50.7 Å². The van der Waals surface area contributed by atoms with E-state index in [2.05, 4.69) is 55.3 Å². The molecule has 0 saturated carbocycles. The van der Waals surface area contributed by atoms with E-state index in [4.69, 9.17) is 0 Å². The monoisotopic (exact) mass is 328 g/mol. The van der Waals surface area contributed by atoms with Gasteiger partial charge in [-0.15, -0.1) is 0 Å². The number of halogens is 1. The van der Waals surface area contributed by atoms with E-state index >= 15 is 0 Å². The van der Waals surface area contributed by atoms with E-state index in [1.54, 1.807) is 12.4 Å². The summed E-state index contributed by atoms with van der Waals surface area (Å²) in [6.07, 6.45) is 3.32. The number of aromatic nitrogens is 3. The number of benzene rings is 1. The van der Waals surface area contributed by atoms with Gasteiger partial charge in [-0.1, -0.05) is 28.1 Å². The van der Waals surface area contributed by atoms with Gasteiger partial charge in [-0.05, 0) is 36.8 Å². The normalized spacial score (nSPS) is 12.3. The molecular weight excluding hydrogens is 316 g/mol. The molecule has 3 rings (SSSR count). The number of hydrogen-bond acceptors (Lipinski definition) is 4. The molecule has 0 aliphatic rings. The van der Waals surface area contributed by atoms with E-state index < -0.39 is 0 Å². The summed E-state index contributed by atoms with van der Waals surface area (Å²) in [5.74, 6) is 0.799. The molecule has 2 heterocycles. The molecular formula is C15H13BrN4. The molecule has 1 aromatic carbocycles. The molecule has 0 fully saturated rings. The first kappa shape index (κ1) is 13.0. The third-order valence-electron chi connectivity index (χ3n) is 3.07. The molecule has 1 atom stereocenters. The lowest BCUT2D eigenvalue weighted by Crippen LogP contribution is -2.08. The zero-order valence-electron chi connectivity index (χ0n) is 10.9. The largest absolute Gasteiger partial charge is 0.363 e. The van der Waals surface area contributed by atoms with Crippen molar-refractivity contribution in [2.45, 2.75) is 13.0 Å². The van der Waals surface area contributed by atoms with Crippen molar-refractivity contribution in [3.8, 4) is 0 Å². The quantitative estimate of drug-likeness (QED) is 0.790. The minimum Gasteiger partial charge on any atom is -0.363 e. The maximum atomic E-state index is 4.46. The van der Waals surface area contributed by atoms with Crippen molar-refractivity contribution in [3.05, 3.63) is 58.8 Å². The zero-order chi connectivity index (χ0) is 13.9. The summed E-state index contributed by atoms with van der Waals surface area (Å²) >= 11 is 3.44. The van der Waals surface area contributed by atoms with Crippen LogP contribution in [0.15, 0.2) is 53.3 Å². The Labute approximate surface area is 125 Å². The Kier molecular flexibility index (Phi) is 3.60. The van der Waals surface area contributed by atoms with Crippen LogP contribution >= 0.6 is 15.9 Å². The van der Waals surface area contributed by atoms with Gasteiger partial charge < -0.3 is 5.32 Å². The van der Waals surface area contributed by atoms with Gasteiger partial charge in [0.05, 0.1) is 0 Å². The first-order chi connectivity index (χ1) is 9.72. The Morgan fingerprint density at radius 3 is 2.55 bits per heavy atom. The fraction of sp³-hybridized carbons (Fsp3) is 0.133. The van der Waals surface area contributed by atoms with E-state index in [0.717, 1.165) is 15.8 Å². The van der Waals surface area contributed by atoms with E-state index in [1.807, 2.05) is 24.3 Å². The van der Waals surface area contributed by atoms with Gasteiger partial charge in [-0.2, -0.15) is 0 Å². The van der Waals surface area contributed by atoms with Gasteiger partial charge in [0.15, 0.2) is 5.65 Å². The molecule has 20 heavy (non-hydrogen) atoms. The Hall–Kier alpha value is -2.01. The van der Waals surface area contributed by atoms with Gasteiger partial charge >= 0.3 is 0 Å². The van der Waals surface area contributed by atoms with Gasteiger partial charge in [-0.25, -0.2) is 9.97 Å². The van der Waals surface area contributed by atoms with Gasteiger partial charge in [0.2, 0.25) is 0 Å². The standard InChI is InChI=1S/C15H13BrN4/c1-10(11-2-4-12(16)5-3-11)19-14-7-6-13-15(20-14)18-9-8-17-13/h2-10H,1H3,(H,18,19,20). The molecule has 1 N–H and O–H groups in total. The minimum atomic E-state index is 0.171. The Bertz CT molecular complexity index is 727. The van der Waals surface area contributed by atoms with Crippen molar-refractivity contribution in [2.75, 3.05) is 5.32 Å². The molecule has 0 bridgehead atoms. The number of nitrogens with zero attached hydrogens (tertiary/aromatic N) is 3. The second kappa shape index (κ2) is 5.54. The number of fused-ring (bicyclic) bond motifs is 1. The summed E-state index contributed by atoms with van der Waals surface area (Å²) in [6.45, 7) is 2.10. The predicted molar refractivity (Wildman–Crippen MR) is 83.5 cm³/mol. The molecule has 0 saturated heterocycles. The molecule has 0 amide bonds. The lowest BCUT2D eigenvalue weighted by Gasteiger charge is -2.15. The van der Waals surface area contributed by atoms with Crippen LogP contribution in [0.4, 0.5) is 5.82 Å². The van der Waals surface area contributed by atoms with Gasteiger partial charge in [0, 0.05) is 22.9 Å². The number of hydrogen-bond donors (Lipinski definition) is 1. The van der Waals surface area contributed by atoms with Crippen molar-refractivity contribution in [2.24, 2.45) is 0 Å². The molecule has 0 spiro atoms. The molecule has 100 valence electrons. The van der Waals surface area contributed by atoms with Crippen LogP contribution in [-0.2, 0) is 0 Å². The third-order valence-corrected chi connectivity index (χ3v) is 3.59. The molecule has 1 unspecified atom stereocenters. The summed E-state index contributed by atoms with van der Waals surface area (Å²) in [6, 6.07) is 12.3. The summed E-state index contributed by atoms with van der Waals surface area (Å²) in [7, 11) is 0. The number of nitrogens with one attached hydrogen (secondary N) is 1. The molecule has 0 aliphatic carbocycles. The summed E-state index contributed by atoms with van der Waals surface area (Å²) in [4.78, 5) is 12.9. The fourth-order valence-electron chi connectivity index (χ4n) is 1.99. The second-order valence-corrected chi connectivity index (χ2v) is 5.43. The average molecular weight is 329 g/mol. The van der Waals surface area contributed by atoms with Crippen molar-refractivity contribution < 1.29 is 0 Å². The van der Waals surface area contributed by atoms with Crippen LogP contribution in [0, 0.1) is 0 Å². The smallest absolute Gasteiger partial charge is 0.180 e. The fourth-order valence-corrected chi connectivity index (χ4v) is 2.26. The summed E-state index contributed by atoms with van der Waals surface area (Å²) < 4.78 is 1.08. The zero-order valence-corrected chi connectivity index (χ0v) is 12.5. The van der Waals surface area contributed by atoms with Crippen LogP contribution < -0.4 is 5.32 Å². The van der Waals surface area contributed by atoms with E-state index in [0.29, 0.717) is 5.65 Å². The number of anilines is 1. The Balaban J connectivity index is 1.83. The summed E-state index contributed by atoms with van der Waals surface area (Å²) in [5.41, 5.74) is 2.66. The van der Waals surface area contributed by atoms with Crippen LogP contribution in [-0.4, -0.2) is 15.0 Å². The van der Waals surface area contributed by atoms with Crippen LogP contribution in [0.25, 0.3) is 11.2 Å².